The number of carbonyl (C=O) groups excluding carboxylic acids is 1. The third kappa shape index (κ3) is 8.02. The molecule has 1 amide bonds. The number of benzene rings is 1. The number of carbonyl (C=O) groups is 1. The highest BCUT2D eigenvalue weighted by Gasteiger charge is 2.31. The van der Waals surface area contributed by atoms with Crippen LogP contribution in [0.5, 0.6) is 0 Å². The van der Waals surface area contributed by atoms with E-state index >= 15 is 0 Å². The first-order valence-corrected chi connectivity index (χ1v) is 9.52. The summed E-state index contributed by atoms with van der Waals surface area (Å²) in [6, 6.07) is 6.12. The van der Waals surface area contributed by atoms with Crippen molar-refractivity contribution >= 4 is 35.8 Å². The lowest BCUT2D eigenvalue weighted by Gasteiger charge is -2.28. The van der Waals surface area contributed by atoms with Crippen molar-refractivity contribution in [3.63, 3.8) is 0 Å². The molecule has 0 aliphatic heterocycles. The fourth-order valence-corrected chi connectivity index (χ4v) is 3.55. The van der Waals surface area contributed by atoms with Crippen LogP contribution in [0.3, 0.4) is 0 Å². The van der Waals surface area contributed by atoms with Crippen LogP contribution in [0.15, 0.2) is 29.3 Å². The van der Waals surface area contributed by atoms with Crippen molar-refractivity contribution in [1.29, 1.82) is 0 Å². The Bertz CT molecular complexity index is 618. The van der Waals surface area contributed by atoms with E-state index in [1.54, 1.807) is 19.2 Å². The molecule has 7 heteroatoms. The van der Waals surface area contributed by atoms with E-state index < -0.39 is 0 Å². The second kappa shape index (κ2) is 12.2. The molecule has 2 rings (SSSR count). The lowest BCUT2D eigenvalue weighted by atomic mass is 9.83. The monoisotopic (exact) mass is 490 g/mol. The highest BCUT2D eigenvalue weighted by atomic mass is 127. The zero-order valence-corrected chi connectivity index (χ0v) is 18.6. The topological polar surface area (TPSA) is 65.5 Å². The van der Waals surface area contributed by atoms with Gasteiger partial charge in [-0.2, -0.15) is 0 Å². The molecule has 1 aromatic carbocycles. The largest absolute Gasteiger partial charge is 0.356 e. The summed E-state index contributed by atoms with van der Waals surface area (Å²) < 4.78 is 13.1. The average molecular weight is 490 g/mol. The Labute approximate surface area is 179 Å². The van der Waals surface area contributed by atoms with E-state index in [1.807, 2.05) is 0 Å². The Morgan fingerprint density at radius 1 is 1.19 bits per heavy atom. The highest BCUT2D eigenvalue weighted by molar-refractivity contribution is 14.0. The molecule has 1 fully saturated rings. The minimum absolute atomic E-state index is 0. The van der Waals surface area contributed by atoms with Crippen molar-refractivity contribution < 1.29 is 9.18 Å². The summed E-state index contributed by atoms with van der Waals surface area (Å²) in [5.41, 5.74) is 1.07. The van der Waals surface area contributed by atoms with E-state index in [1.165, 1.54) is 44.2 Å². The Morgan fingerprint density at radius 2 is 1.89 bits per heavy atom. The van der Waals surface area contributed by atoms with Crippen LogP contribution in [0, 0.1) is 11.2 Å². The molecule has 3 N–H and O–H groups in total. The number of hydrogen-bond acceptors (Lipinski definition) is 2. The van der Waals surface area contributed by atoms with Gasteiger partial charge in [-0.25, -0.2) is 4.39 Å². The van der Waals surface area contributed by atoms with Gasteiger partial charge in [0, 0.05) is 26.7 Å². The molecule has 0 bridgehead atoms. The third-order valence-electron chi connectivity index (χ3n) is 5.26. The number of aliphatic imine (C=N–C) groups is 1. The molecule has 0 atom stereocenters. The molecule has 0 spiro atoms. The van der Waals surface area contributed by atoms with Crippen LogP contribution in [0.1, 0.15) is 44.6 Å². The number of nitrogens with zero attached hydrogens (tertiary/aromatic N) is 1. The smallest absolute Gasteiger partial charge is 0.224 e. The highest BCUT2D eigenvalue weighted by Crippen LogP contribution is 2.40. The molecule has 152 valence electrons. The van der Waals surface area contributed by atoms with Gasteiger partial charge in [0.2, 0.25) is 5.91 Å². The third-order valence-corrected chi connectivity index (χ3v) is 5.26. The molecule has 1 aromatic rings. The maximum Gasteiger partial charge on any atom is 0.224 e. The van der Waals surface area contributed by atoms with Crippen molar-refractivity contribution in [1.82, 2.24) is 16.0 Å². The van der Waals surface area contributed by atoms with Crippen molar-refractivity contribution in [2.75, 3.05) is 26.7 Å². The predicted molar refractivity (Wildman–Crippen MR) is 119 cm³/mol. The van der Waals surface area contributed by atoms with E-state index in [2.05, 4.69) is 27.9 Å². The molecule has 0 heterocycles. The number of nitrogens with one attached hydrogen (secondary N) is 3. The normalized spacial score (nSPS) is 15.7. The van der Waals surface area contributed by atoms with E-state index in [0.29, 0.717) is 24.1 Å². The van der Waals surface area contributed by atoms with Gasteiger partial charge in [-0.1, -0.05) is 31.9 Å². The van der Waals surface area contributed by atoms with Crippen LogP contribution in [-0.4, -0.2) is 38.5 Å². The molecule has 0 radical (unpaired) electrons. The average Bonchev–Trinajstić information content (AvgIpc) is 3.10. The summed E-state index contributed by atoms with van der Waals surface area (Å²) in [6.45, 7) is 4.29. The summed E-state index contributed by atoms with van der Waals surface area (Å²) in [4.78, 5) is 16.2. The SMILES string of the molecule is CCC1(CNC(=NC)NCCNC(=O)Cc2cccc(F)c2)CCCC1.I. The van der Waals surface area contributed by atoms with Gasteiger partial charge in [0.05, 0.1) is 6.42 Å². The van der Waals surface area contributed by atoms with Gasteiger partial charge in [-0.05, 0) is 42.4 Å². The summed E-state index contributed by atoms with van der Waals surface area (Å²) in [6.07, 6.45) is 6.57. The van der Waals surface area contributed by atoms with Crippen LogP contribution < -0.4 is 16.0 Å². The van der Waals surface area contributed by atoms with Gasteiger partial charge in [0.25, 0.3) is 0 Å². The van der Waals surface area contributed by atoms with Crippen LogP contribution in [0.25, 0.3) is 0 Å². The zero-order chi connectivity index (χ0) is 18.8. The first-order chi connectivity index (χ1) is 12.6. The first-order valence-electron chi connectivity index (χ1n) is 9.52. The predicted octanol–water partition coefficient (Wildman–Crippen LogP) is 3.24. The fourth-order valence-electron chi connectivity index (χ4n) is 3.55. The van der Waals surface area contributed by atoms with Gasteiger partial charge in [-0.15, -0.1) is 24.0 Å². The maximum absolute atomic E-state index is 13.1. The lowest BCUT2D eigenvalue weighted by Crippen LogP contribution is -2.45. The molecule has 0 aromatic heterocycles. The quantitative estimate of drug-likeness (QED) is 0.227. The van der Waals surface area contributed by atoms with Crippen molar-refractivity contribution in [2.24, 2.45) is 10.4 Å². The maximum atomic E-state index is 13.1. The van der Waals surface area contributed by atoms with E-state index in [0.717, 1.165) is 12.5 Å². The summed E-state index contributed by atoms with van der Waals surface area (Å²) in [5, 5.41) is 9.49. The van der Waals surface area contributed by atoms with Gasteiger partial charge >= 0.3 is 0 Å². The standard InChI is InChI=1S/C20H31FN4O.HI/c1-3-20(9-4-5-10-20)15-25-19(22-2)24-12-11-23-18(26)14-16-7-6-8-17(21)13-16;/h6-8,13H,3-5,9-12,14-15H2,1-2H3,(H,23,26)(H2,22,24,25);1H. The second-order valence-corrected chi connectivity index (χ2v) is 7.07. The second-order valence-electron chi connectivity index (χ2n) is 7.07. The molecule has 1 aliphatic carbocycles. The van der Waals surface area contributed by atoms with E-state index in [9.17, 15) is 9.18 Å². The van der Waals surface area contributed by atoms with Crippen LogP contribution in [0.4, 0.5) is 4.39 Å². The summed E-state index contributed by atoms with van der Waals surface area (Å²) in [7, 11) is 1.76. The molecule has 1 aliphatic rings. The molecule has 1 saturated carbocycles. The molecular weight excluding hydrogens is 458 g/mol. The van der Waals surface area contributed by atoms with Gasteiger partial charge in [0.15, 0.2) is 5.96 Å². The van der Waals surface area contributed by atoms with Crippen molar-refractivity contribution in [3.8, 4) is 0 Å². The van der Waals surface area contributed by atoms with E-state index in [4.69, 9.17) is 0 Å². The zero-order valence-electron chi connectivity index (χ0n) is 16.3. The van der Waals surface area contributed by atoms with Crippen molar-refractivity contribution in [3.05, 3.63) is 35.6 Å². The minimum atomic E-state index is -0.320. The van der Waals surface area contributed by atoms with Gasteiger partial charge < -0.3 is 16.0 Å². The van der Waals surface area contributed by atoms with Crippen LogP contribution >= 0.6 is 24.0 Å². The van der Waals surface area contributed by atoms with Crippen molar-refractivity contribution in [2.45, 2.75) is 45.4 Å². The fraction of sp³-hybridized carbons (Fsp3) is 0.600. The van der Waals surface area contributed by atoms with E-state index in [-0.39, 0.29) is 42.1 Å². The van der Waals surface area contributed by atoms with Gasteiger partial charge in [-0.3, -0.25) is 9.79 Å². The Kier molecular flexibility index (Phi) is 10.6. The molecular formula is C20H32FIN4O. The molecule has 0 unspecified atom stereocenters. The minimum Gasteiger partial charge on any atom is -0.356 e. The Hall–Kier alpha value is -1.38. The molecule has 27 heavy (non-hydrogen) atoms. The van der Waals surface area contributed by atoms with Crippen LogP contribution in [-0.2, 0) is 11.2 Å². The number of rotatable bonds is 8. The number of guanidine groups is 1. The van der Waals surface area contributed by atoms with Crippen LogP contribution in [0.2, 0.25) is 0 Å². The summed E-state index contributed by atoms with van der Waals surface area (Å²) in [5.74, 6) is 0.333. The first kappa shape index (κ1) is 23.7. The molecule has 5 nitrogen and oxygen atoms in total. The Morgan fingerprint density at radius 3 is 2.52 bits per heavy atom. The lowest BCUT2D eigenvalue weighted by molar-refractivity contribution is -0.120. The summed E-state index contributed by atoms with van der Waals surface area (Å²) >= 11 is 0. The molecule has 0 saturated heterocycles. The number of amides is 1. The number of halogens is 2. The Balaban J connectivity index is 0.00000364. The van der Waals surface area contributed by atoms with Gasteiger partial charge in [0.1, 0.15) is 5.82 Å². The number of hydrogen-bond donors (Lipinski definition) is 3.